The molecule has 45 heavy (non-hydrogen) atoms. The smallest absolute Gasteiger partial charge is 0.0991 e. The zero-order chi connectivity index (χ0) is 29.9. The molecule has 0 saturated heterocycles. The number of nitriles is 1. The van der Waals surface area contributed by atoms with Crippen molar-refractivity contribution in [3.05, 3.63) is 151 Å². The molecule has 9 aromatic rings. The molecule has 0 amide bonds. The van der Waals surface area contributed by atoms with Crippen LogP contribution in [0.2, 0.25) is 0 Å². The third-order valence-corrected chi connectivity index (χ3v) is 11.1. The molecule has 4 heteroatoms. The van der Waals surface area contributed by atoms with Gasteiger partial charge in [0.25, 0.3) is 0 Å². The highest BCUT2D eigenvalue weighted by atomic mass is 32.1. The Labute approximate surface area is 268 Å². The van der Waals surface area contributed by atoms with Crippen LogP contribution in [0, 0.1) is 11.3 Å². The van der Waals surface area contributed by atoms with Crippen molar-refractivity contribution in [3.8, 4) is 17.2 Å². The van der Waals surface area contributed by atoms with Crippen LogP contribution in [0.5, 0.6) is 0 Å². The Morgan fingerprint density at radius 1 is 0.467 bits per heavy atom. The molecule has 0 bridgehead atoms. The summed E-state index contributed by atoms with van der Waals surface area (Å²) >= 11 is 3.72. The van der Waals surface area contributed by atoms with Crippen molar-refractivity contribution >= 4 is 90.9 Å². The first kappa shape index (κ1) is 26.0. The van der Waals surface area contributed by atoms with E-state index in [0.717, 1.165) is 27.6 Å². The molecule has 0 N–H and O–H groups in total. The maximum absolute atomic E-state index is 9.30. The maximum Gasteiger partial charge on any atom is 0.0991 e. The summed E-state index contributed by atoms with van der Waals surface area (Å²) in [6.07, 6.45) is 0. The Balaban J connectivity index is 1.24. The van der Waals surface area contributed by atoms with Crippen molar-refractivity contribution in [1.82, 2.24) is 0 Å². The molecule has 0 saturated carbocycles. The summed E-state index contributed by atoms with van der Waals surface area (Å²) in [5, 5.41) is 16.7. The highest BCUT2D eigenvalue weighted by Crippen LogP contribution is 2.48. The van der Waals surface area contributed by atoms with E-state index in [1.54, 1.807) is 0 Å². The lowest BCUT2D eigenvalue weighted by Crippen LogP contribution is -2.10. The molecular weight excluding hydrogens is 585 g/mol. The van der Waals surface area contributed by atoms with Gasteiger partial charge in [-0.25, -0.2) is 0 Å². The van der Waals surface area contributed by atoms with Gasteiger partial charge < -0.3 is 4.90 Å². The van der Waals surface area contributed by atoms with Crippen LogP contribution in [-0.4, -0.2) is 0 Å². The number of rotatable bonds is 4. The van der Waals surface area contributed by atoms with Gasteiger partial charge in [0.15, 0.2) is 0 Å². The summed E-state index contributed by atoms with van der Waals surface area (Å²) < 4.78 is 5.17. The molecule has 0 aliphatic carbocycles. The number of thiophene rings is 2. The van der Waals surface area contributed by atoms with Gasteiger partial charge >= 0.3 is 0 Å². The molecule has 0 atom stereocenters. The monoisotopic (exact) mass is 608 g/mol. The van der Waals surface area contributed by atoms with Crippen molar-refractivity contribution in [2.75, 3.05) is 4.90 Å². The van der Waals surface area contributed by atoms with Gasteiger partial charge in [0.1, 0.15) is 0 Å². The van der Waals surface area contributed by atoms with E-state index in [-0.39, 0.29) is 0 Å². The first-order valence-electron chi connectivity index (χ1n) is 14.9. The number of fused-ring (bicyclic) bond motifs is 7. The van der Waals surface area contributed by atoms with Crippen molar-refractivity contribution < 1.29 is 0 Å². The van der Waals surface area contributed by atoms with Gasteiger partial charge in [0.2, 0.25) is 0 Å². The molecule has 7 aromatic carbocycles. The zero-order valence-corrected chi connectivity index (χ0v) is 25.7. The number of benzene rings is 7. The topological polar surface area (TPSA) is 27.0 Å². The second-order valence-corrected chi connectivity index (χ2v) is 13.4. The minimum absolute atomic E-state index is 0.682. The van der Waals surface area contributed by atoms with Crippen LogP contribution < -0.4 is 4.90 Å². The predicted molar refractivity (Wildman–Crippen MR) is 195 cm³/mol. The quantitative estimate of drug-likeness (QED) is 0.199. The molecule has 9 rings (SSSR count). The minimum Gasteiger partial charge on any atom is -0.308 e. The summed E-state index contributed by atoms with van der Waals surface area (Å²) in [6.45, 7) is 0. The van der Waals surface area contributed by atoms with E-state index in [2.05, 4.69) is 138 Å². The van der Waals surface area contributed by atoms with Crippen LogP contribution in [0.15, 0.2) is 146 Å². The molecule has 2 aromatic heterocycles. The molecule has 0 radical (unpaired) electrons. The number of hydrogen-bond acceptors (Lipinski definition) is 4. The summed E-state index contributed by atoms with van der Waals surface area (Å²) in [5.74, 6) is 0. The highest BCUT2D eigenvalue weighted by molar-refractivity contribution is 7.27. The molecular formula is C41H24N2S2. The van der Waals surface area contributed by atoms with Crippen molar-refractivity contribution in [2.24, 2.45) is 0 Å². The van der Waals surface area contributed by atoms with Gasteiger partial charge in [-0.05, 0) is 76.5 Å². The van der Waals surface area contributed by atoms with E-state index in [0.29, 0.717) is 5.56 Å². The highest BCUT2D eigenvalue weighted by Gasteiger charge is 2.21. The fourth-order valence-electron chi connectivity index (χ4n) is 6.52. The first-order chi connectivity index (χ1) is 22.2. The average Bonchev–Trinajstić information content (AvgIpc) is 3.68. The SMILES string of the molecule is N#Cc1ccc2cc(-c3ccc(N(c4cccc5c4sc4ccccc45)c4cccc5c4sc4ccccc45)cc3)ccc2c1. The molecule has 2 nitrogen and oxygen atoms in total. The third kappa shape index (κ3) is 4.21. The van der Waals surface area contributed by atoms with Gasteiger partial charge in [-0.15, -0.1) is 22.7 Å². The van der Waals surface area contributed by atoms with Gasteiger partial charge in [0, 0.05) is 36.6 Å². The number of anilines is 3. The lowest BCUT2D eigenvalue weighted by molar-refractivity contribution is 1.32. The van der Waals surface area contributed by atoms with Crippen molar-refractivity contribution in [1.29, 1.82) is 5.26 Å². The maximum atomic E-state index is 9.30. The van der Waals surface area contributed by atoms with Crippen LogP contribution in [0.4, 0.5) is 17.1 Å². The second-order valence-electron chi connectivity index (χ2n) is 11.3. The summed E-state index contributed by atoms with van der Waals surface area (Å²) in [4.78, 5) is 2.45. The largest absolute Gasteiger partial charge is 0.308 e. The Bertz CT molecular complexity index is 2510. The molecule has 2 heterocycles. The molecule has 0 aliphatic rings. The predicted octanol–water partition coefficient (Wildman–Crippen LogP) is 12.6. The van der Waals surface area contributed by atoms with Gasteiger partial charge in [-0.3, -0.25) is 0 Å². The van der Waals surface area contributed by atoms with E-state index in [9.17, 15) is 5.26 Å². The van der Waals surface area contributed by atoms with E-state index >= 15 is 0 Å². The molecule has 210 valence electrons. The number of nitrogens with zero attached hydrogens (tertiary/aromatic N) is 2. The van der Waals surface area contributed by atoms with Crippen molar-refractivity contribution in [2.45, 2.75) is 0 Å². The molecule has 0 spiro atoms. The zero-order valence-electron chi connectivity index (χ0n) is 24.1. The van der Waals surface area contributed by atoms with Gasteiger partial charge in [0.05, 0.1) is 32.4 Å². The van der Waals surface area contributed by atoms with Crippen LogP contribution in [0.3, 0.4) is 0 Å². The van der Waals surface area contributed by atoms with Crippen LogP contribution in [0.1, 0.15) is 5.56 Å². The lowest BCUT2D eigenvalue weighted by Gasteiger charge is -2.27. The average molecular weight is 609 g/mol. The van der Waals surface area contributed by atoms with E-state index in [1.807, 2.05) is 40.9 Å². The molecule has 0 fully saturated rings. The Morgan fingerprint density at radius 3 is 1.62 bits per heavy atom. The molecule has 0 aliphatic heterocycles. The fraction of sp³-hybridized carbons (Fsp3) is 0. The summed E-state index contributed by atoms with van der Waals surface area (Å²) in [7, 11) is 0. The van der Waals surface area contributed by atoms with E-state index in [1.165, 1.54) is 51.7 Å². The lowest BCUT2D eigenvalue weighted by atomic mass is 9.99. The Kier molecular flexibility index (Phi) is 5.96. The standard InChI is InChI=1S/C41H24N2S2/c42-25-26-15-16-30-24-29(18-17-28(30)23-26)27-19-21-31(22-20-27)43(36-11-5-9-34-32-7-1-3-13-38(32)44-40(34)36)37-12-6-10-35-33-8-2-4-14-39(33)45-41(35)37/h1-24H. The number of hydrogen-bond donors (Lipinski definition) is 0. The van der Waals surface area contributed by atoms with E-state index in [4.69, 9.17) is 0 Å². The fourth-order valence-corrected chi connectivity index (χ4v) is 8.94. The minimum atomic E-state index is 0.682. The van der Waals surface area contributed by atoms with E-state index < -0.39 is 0 Å². The van der Waals surface area contributed by atoms with Crippen LogP contribution in [-0.2, 0) is 0 Å². The first-order valence-corrected chi connectivity index (χ1v) is 16.5. The van der Waals surface area contributed by atoms with Gasteiger partial charge in [-0.1, -0.05) is 91.0 Å². The van der Waals surface area contributed by atoms with Crippen LogP contribution >= 0.6 is 22.7 Å². The summed E-state index contributed by atoms with van der Waals surface area (Å²) in [5.41, 5.74) is 6.49. The third-order valence-electron chi connectivity index (χ3n) is 8.68. The normalized spacial score (nSPS) is 11.5. The summed E-state index contributed by atoms with van der Waals surface area (Å²) in [6, 6.07) is 54.3. The van der Waals surface area contributed by atoms with Crippen molar-refractivity contribution in [3.63, 3.8) is 0 Å². The van der Waals surface area contributed by atoms with Gasteiger partial charge in [-0.2, -0.15) is 5.26 Å². The van der Waals surface area contributed by atoms with Crippen LogP contribution in [0.25, 0.3) is 62.2 Å². The Hall–Kier alpha value is -5.47. The Morgan fingerprint density at radius 2 is 1.00 bits per heavy atom. The second kappa shape index (κ2) is 10.3. The molecule has 0 unspecified atom stereocenters.